The zero-order valence-electron chi connectivity index (χ0n) is 11.9. The van der Waals surface area contributed by atoms with Crippen molar-refractivity contribution in [3.8, 4) is 0 Å². The standard InChI is InChI=1S/C14H23N3O2/c1-4-14(5-2,18-6-3)13-16-12(19-17-13)10-7-8-11(15)9-10/h7-8,10-11H,4-6,9,15H2,1-3H3. The number of ether oxygens (including phenoxy) is 1. The van der Waals surface area contributed by atoms with Crippen LogP contribution in [0.3, 0.4) is 0 Å². The first-order valence-electron chi connectivity index (χ1n) is 7.07. The van der Waals surface area contributed by atoms with E-state index in [1.165, 1.54) is 0 Å². The van der Waals surface area contributed by atoms with Gasteiger partial charge < -0.3 is 15.0 Å². The zero-order chi connectivity index (χ0) is 13.9. The Hall–Kier alpha value is -1.20. The lowest BCUT2D eigenvalue weighted by molar-refractivity contribution is -0.0583. The molecule has 0 saturated carbocycles. The normalized spacial score (nSPS) is 23.2. The van der Waals surface area contributed by atoms with Crippen LogP contribution in [0, 0.1) is 0 Å². The predicted octanol–water partition coefficient (Wildman–Crippen LogP) is 2.49. The molecule has 0 fully saturated rings. The van der Waals surface area contributed by atoms with Crippen molar-refractivity contribution in [1.29, 1.82) is 0 Å². The molecule has 0 spiro atoms. The Morgan fingerprint density at radius 3 is 2.63 bits per heavy atom. The van der Waals surface area contributed by atoms with Crippen LogP contribution in [0.25, 0.3) is 0 Å². The van der Waals surface area contributed by atoms with Crippen LogP contribution in [-0.2, 0) is 10.3 Å². The van der Waals surface area contributed by atoms with Gasteiger partial charge in [0, 0.05) is 12.6 Å². The highest BCUT2D eigenvalue weighted by molar-refractivity contribution is 5.16. The van der Waals surface area contributed by atoms with Crippen molar-refractivity contribution in [3.63, 3.8) is 0 Å². The molecule has 1 aromatic rings. The molecule has 0 amide bonds. The van der Waals surface area contributed by atoms with E-state index in [9.17, 15) is 0 Å². The van der Waals surface area contributed by atoms with Crippen molar-refractivity contribution in [2.75, 3.05) is 6.61 Å². The molecule has 2 rings (SSSR count). The molecule has 2 atom stereocenters. The fraction of sp³-hybridized carbons (Fsp3) is 0.714. The molecule has 19 heavy (non-hydrogen) atoms. The minimum absolute atomic E-state index is 0.0920. The van der Waals surface area contributed by atoms with Crippen LogP contribution in [0.1, 0.15) is 57.7 Å². The minimum Gasteiger partial charge on any atom is -0.367 e. The SMILES string of the molecule is CCOC(CC)(CC)c1noc(C2C=CC(N)C2)n1. The van der Waals surface area contributed by atoms with E-state index in [1.54, 1.807) is 0 Å². The molecule has 2 unspecified atom stereocenters. The first-order chi connectivity index (χ1) is 9.15. The van der Waals surface area contributed by atoms with Crippen LogP contribution in [0.2, 0.25) is 0 Å². The first-order valence-corrected chi connectivity index (χ1v) is 7.07. The van der Waals surface area contributed by atoms with Gasteiger partial charge in [0.2, 0.25) is 11.7 Å². The van der Waals surface area contributed by atoms with Crippen molar-refractivity contribution >= 4 is 0 Å². The topological polar surface area (TPSA) is 74.2 Å². The smallest absolute Gasteiger partial charge is 0.233 e. The van der Waals surface area contributed by atoms with Gasteiger partial charge in [-0.1, -0.05) is 31.2 Å². The monoisotopic (exact) mass is 265 g/mol. The van der Waals surface area contributed by atoms with Gasteiger partial charge in [0.05, 0.1) is 5.92 Å². The second-order valence-corrected chi connectivity index (χ2v) is 4.98. The highest BCUT2D eigenvalue weighted by Crippen LogP contribution is 2.33. The molecule has 106 valence electrons. The molecule has 0 aliphatic heterocycles. The van der Waals surface area contributed by atoms with E-state index in [1.807, 2.05) is 19.1 Å². The molecule has 1 heterocycles. The summed E-state index contributed by atoms with van der Waals surface area (Å²) in [7, 11) is 0. The number of allylic oxidation sites excluding steroid dienone is 1. The average molecular weight is 265 g/mol. The Balaban J connectivity index is 2.21. The van der Waals surface area contributed by atoms with Crippen LogP contribution in [-0.4, -0.2) is 22.8 Å². The predicted molar refractivity (Wildman–Crippen MR) is 72.7 cm³/mol. The maximum Gasteiger partial charge on any atom is 0.233 e. The second-order valence-electron chi connectivity index (χ2n) is 4.98. The second kappa shape index (κ2) is 5.84. The van der Waals surface area contributed by atoms with Crippen molar-refractivity contribution < 1.29 is 9.26 Å². The van der Waals surface area contributed by atoms with Crippen molar-refractivity contribution in [3.05, 3.63) is 23.9 Å². The Labute approximate surface area is 114 Å². The van der Waals surface area contributed by atoms with Gasteiger partial charge in [-0.25, -0.2) is 0 Å². The molecule has 0 saturated heterocycles. The zero-order valence-corrected chi connectivity index (χ0v) is 11.9. The van der Waals surface area contributed by atoms with E-state index in [4.69, 9.17) is 15.0 Å². The van der Waals surface area contributed by atoms with E-state index in [2.05, 4.69) is 24.0 Å². The Kier molecular flexibility index (Phi) is 4.37. The molecule has 0 radical (unpaired) electrons. The maximum absolute atomic E-state index is 5.88. The molecule has 5 heteroatoms. The summed E-state index contributed by atoms with van der Waals surface area (Å²) >= 11 is 0. The summed E-state index contributed by atoms with van der Waals surface area (Å²) in [6, 6.07) is 0.0920. The molecule has 2 N–H and O–H groups in total. The average Bonchev–Trinajstić information content (AvgIpc) is 3.05. The van der Waals surface area contributed by atoms with Crippen LogP contribution in [0.4, 0.5) is 0 Å². The van der Waals surface area contributed by atoms with Crippen LogP contribution >= 0.6 is 0 Å². The van der Waals surface area contributed by atoms with Gasteiger partial charge in [-0.15, -0.1) is 0 Å². The summed E-state index contributed by atoms with van der Waals surface area (Å²) in [6.07, 6.45) is 6.53. The number of nitrogens with zero attached hydrogens (tertiary/aromatic N) is 2. The van der Waals surface area contributed by atoms with Gasteiger partial charge in [-0.2, -0.15) is 4.98 Å². The fourth-order valence-corrected chi connectivity index (χ4v) is 2.59. The molecule has 1 aliphatic rings. The lowest BCUT2D eigenvalue weighted by Crippen LogP contribution is -2.29. The maximum atomic E-state index is 5.88. The van der Waals surface area contributed by atoms with Crippen molar-refractivity contribution in [2.45, 2.75) is 57.6 Å². The summed E-state index contributed by atoms with van der Waals surface area (Å²) in [5, 5.41) is 4.13. The van der Waals surface area contributed by atoms with E-state index >= 15 is 0 Å². The highest BCUT2D eigenvalue weighted by Gasteiger charge is 2.35. The number of rotatable bonds is 6. The summed E-state index contributed by atoms with van der Waals surface area (Å²) < 4.78 is 11.3. The van der Waals surface area contributed by atoms with E-state index in [-0.39, 0.29) is 12.0 Å². The van der Waals surface area contributed by atoms with Gasteiger partial charge in [-0.3, -0.25) is 0 Å². The quantitative estimate of drug-likeness (QED) is 0.800. The molecule has 1 aromatic heterocycles. The molecular weight excluding hydrogens is 242 g/mol. The van der Waals surface area contributed by atoms with Gasteiger partial charge in [0.25, 0.3) is 0 Å². The third-order valence-corrected chi connectivity index (χ3v) is 3.85. The summed E-state index contributed by atoms with van der Waals surface area (Å²) in [5.74, 6) is 1.44. The first kappa shape index (κ1) is 14.2. The van der Waals surface area contributed by atoms with Crippen molar-refractivity contribution in [2.24, 2.45) is 5.73 Å². The lowest BCUT2D eigenvalue weighted by Gasteiger charge is -2.27. The van der Waals surface area contributed by atoms with E-state index in [0.29, 0.717) is 18.3 Å². The molecule has 1 aliphatic carbocycles. The Morgan fingerprint density at radius 2 is 2.11 bits per heavy atom. The molecule has 0 aromatic carbocycles. The van der Waals surface area contributed by atoms with Gasteiger partial charge >= 0.3 is 0 Å². The van der Waals surface area contributed by atoms with Crippen LogP contribution in [0.15, 0.2) is 16.7 Å². The molecular formula is C14H23N3O2. The molecule has 0 bridgehead atoms. The number of nitrogens with two attached hydrogens (primary N) is 1. The largest absolute Gasteiger partial charge is 0.367 e. The third-order valence-electron chi connectivity index (χ3n) is 3.85. The van der Waals surface area contributed by atoms with Gasteiger partial charge in [-0.05, 0) is 26.2 Å². The summed E-state index contributed by atoms with van der Waals surface area (Å²) in [5.41, 5.74) is 5.42. The Bertz CT molecular complexity index is 438. The summed E-state index contributed by atoms with van der Waals surface area (Å²) in [6.45, 7) is 6.79. The minimum atomic E-state index is -0.430. The van der Waals surface area contributed by atoms with Crippen molar-refractivity contribution in [1.82, 2.24) is 10.1 Å². The van der Waals surface area contributed by atoms with Crippen LogP contribution < -0.4 is 5.73 Å². The fourth-order valence-electron chi connectivity index (χ4n) is 2.59. The number of hydrogen-bond acceptors (Lipinski definition) is 5. The Morgan fingerprint density at radius 1 is 1.37 bits per heavy atom. The lowest BCUT2D eigenvalue weighted by atomic mass is 9.96. The van der Waals surface area contributed by atoms with E-state index in [0.717, 1.165) is 19.3 Å². The van der Waals surface area contributed by atoms with Crippen LogP contribution in [0.5, 0.6) is 0 Å². The number of aromatic nitrogens is 2. The van der Waals surface area contributed by atoms with Gasteiger partial charge in [0.15, 0.2) is 0 Å². The third kappa shape index (κ3) is 2.72. The molecule has 5 nitrogen and oxygen atoms in total. The van der Waals surface area contributed by atoms with E-state index < -0.39 is 5.60 Å². The highest BCUT2D eigenvalue weighted by atomic mass is 16.5. The number of hydrogen-bond donors (Lipinski definition) is 1. The summed E-state index contributed by atoms with van der Waals surface area (Å²) in [4.78, 5) is 4.55. The van der Waals surface area contributed by atoms with Gasteiger partial charge in [0.1, 0.15) is 5.60 Å².